The first kappa shape index (κ1) is 20.3. The predicted molar refractivity (Wildman–Crippen MR) is 124 cm³/mol. The molecule has 0 aliphatic carbocycles. The molecule has 0 saturated carbocycles. The van der Waals surface area contributed by atoms with E-state index in [0.29, 0.717) is 28.3 Å². The van der Waals surface area contributed by atoms with Crippen LogP contribution in [0.2, 0.25) is 0 Å². The number of carbonyl (C=O) groups is 3. The van der Waals surface area contributed by atoms with Gasteiger partial charge in [0, 0.05) is 5.56 Å². The minimum absolute atomic E-state index is 0.0764. The van der Waals surface area contributed by atoms with Crippen LogP contribution in [0, 0.1) is 0 Å². The molecule has 7 heteroatoms. The van der Waals surface area contributed by atoms with Crippen LogP contribution in [-0.4, -0.2) is 27.9 Å². The number of hydrogen-bond donors (Lipinski definition) is 1. The monoisotopic (exact) mass is 434 g/mol. The van der Waals surface area contributed by atoms with Crippen LogP contribution in [0.1, 0.15) is 26.3 Å². The van der Waals surface area contributed by atoms with Gasteiger partial charge in [0.25, 0.3) is 11.8 Å². The van der Waals surface area contributed by atoms with E-state index in [0.717, 1.165) is 10.5 Å². The van der Waals surface area contributed by atoms with Crippen LogP contribution >= 0.6 is 0 Å². The third-order valence-electron chi connectivity index (χ3n) is 5.37. The fraction of sp³-hybridized carbons (Fsp3) is 0.0385. The minimum atomic E-state index is -0.434. The summed E-state index contributed by atoms with van der Waals surface area (Å²) in [5, 5.41) is 10.9. The van der Waals surface area contributed by atoms with Gasteiger partial charge in [0.15, 0.2) is 5.82 Å². The maximum Gasteiger partial charge on any atom is 0.266 e. The molecule has 2 heterocycles. The van der Waals surface area contributed by atoms with Crippen LogP contribution in [0.15, 0.2) is 91.0 Å². The number of nitrogens with one attached hydrogen (secondary N) is 1. The molecule has 0 bridgehead atoms. The zero-order valence-corrected chi connectivity index (χ0v) is 17.4. The van der Waals surface area contributed by atoms with Gasteiger partial charge in [-0.05, 0) is 35.9 Å². The molecule has 1 aliphatic heterocycles. The average molecular weight is 434 g/mol. The Morgan fingerprint density at radius 2 is 1.48 bits per heavy atom. The number of benzene rings is 3. The van der Waals surface area contributed by atoms with Crippen LogP contribution in [0.4, 0.5) is 11.5 Å². The van der Waals surface area contributed by atoms with Crippen molar-refractivity contribution in [2.24, 2.45) is 0 Å². The van der Waals surface area contributed by atoms with Gasteiger partial charge in [-0.2, -0.15) is 0 Å². The summed E-state index contributed by atoms with van der Waals surface area (Å²) in [5.74, 6) is -0.883. The number of para-hydroxylation sites is 1. The summed E-state index contributed by atoms with van der Waals surface area (Å²) >= 11 is 0. The molecule has 3 aromatic carbocycles. The molecule has 33 heavy (non-hydrogen) atoms. The van der Waals surface area contributed by atoms with Crippen molar-refractivity contribution in [3.63, 3.8) is 0 Å². The summed E-state index contributed by atoms with van der Waals surface area (Å²) in [4.78, 5) is 39.8. The van der Waals surface area contributed by atoms with Gasteiger partial charge in [-0.3, -0.25) is 14.4 Å². The Morgan fingerprint density at radius 3 is 2.18 bits per heavy atom. The van der Waals surface area contributed by atoms with E-state index in [-0.39, 0.29) is 17.9 Å². The van der Waals surface area contributed by atoms with E-state index in [2.05, 4.69) is 15.5 Å². The number of hydrogen-bond acceptors (Lipinski definition) is 5. The smallest absolute Gasteiger partial charge is 0.266 e. The van der Waals surface area contributed by atoms with Crippen LogP contribution < -0.4 is 10.2 Å². The predicted octanol–water partition coefficient (Wildman–Crippen LogP) is 4.13. The number of anilines is 2. The van der Waals surface area contributed by atoms with Crippen LogP contribution in [0.25, 0.3) is 11.3 Å². The van der Waals surface area contributed by atoms with E-state index in [9.17, 15) is 14.4 Å². The lowest BCUT2D eigenvalue weighted by molar-refractivity contribution is -0.115. The first-order valence-electron chi connectivity index (χ1n) is 10.4. The molecule has 0 spiro atoms. The summed E-state index contributed by atoms with van der Waals surface area (Å²) < 4.78 is 0. The van der Waals surface area contributed by atoms with Crippen molar-refractivity contribution >= 4 is 29.2 Å². The third kappa shape index (κ3) is 3.87. The standard InChI is InChI=1S/C26H18N4O3/c31-23(27-22-15-14-21(28-29-22)17-8-3-1-4-9-17)16-18-10-7-13-20-24(18)26(33)30(25(20)32)19-11-5-2-6-12-19/h1-15H,16H2,(H,27,29,31). The van der Waals surface area contributed by atoms with Gasteiger partial charge in [-0.25, -0.2) is 4.90 Å². The highest BCUT2D eigenvalue weighted by Crippen LogP contribution is 2.30. The Hall–Kier alpha value is -4.65. The highest BCUT2D eigenvalue weighted by atomic mass is 16.2. The molecule has 7 nitrogen and oxygen atoms in total. The summed E-state index contributed by atoms with van der Waals surface area (Å²) in [6.07, 6.45) is -0.0764. The van der Waals surface area contributed by atoms with Crippen molar-refractivity contribution in [3.8, 4) is 11.3 Å². The molecule has 1 aromatic heterocycles. The molecule has 0 radical (unpaired) electrons. The van der Waals surface area contributed by atoms with Crippen molar-refractivity contribution in [1.82, 2.24) is 10.2 Å². The molecule has 0 fully saturated rings. The van der Waals surface area contributed by atoms with Gasteiger partial charge < -0.3 is 5.32 Å². The van der Waals surface area contributed by atoms with Gasteiger partial charge in [0.2, 0.25) is 5.91 Å². The Kier molecular flexibility index (Phi) is 5.20. The highest BCUT2D eigenvalue weighted by Gasteiger charge is 2.38. The average Bonchev–Trinajstić information content (AvgIpc) is 3.11. The van der Waals surface area contributed by atoms with E-state index in [4.69, 9.17) is 0 Å². The lowest BCUT2D eigenvalue weighted by atomic mass is 10.00. The van der Waals surface area contributed by atoms with Crippen molar-refractivity contribution in [2.75, 3.05) is 10.2 Å². The summed E-state index contributed by atoms with van der Waals surface area (Å²) in [5.41, 5.74) is 3.14. The number of amides is 3. The van der Waals surface area contributed by atoms with E-state index in [1.165, 1.54) is 0 Å². The molecular weight excluding hydrogens is 416 g/mol. The summed E-state index contributed by atoms with van der Waals surface area (Å²) in [6.45, 7) is 0. The fourth-order valence-electron chi connectivity index (χ4n) is 3.84. The highest BCUT2D eigenvalue weighted by molar-refractivity contribution is 6.35. The van der Waals surface area contributed by atoms with Gasteiger partial charge >= 0.3 is 0 Å². The minimum Gasteiger partial charge on any atom is -0.309 e. The van der Waals surface area contributed by atoms with Crippen molar-refractivity contribution in [1.29, 1.82) is 0 Å². The number of rotatable bonds is 5. The Labute approximate surface area is 189 Å². The molecule has 160 valence electrons. The van der Waals surface area contributed by atoms with Gasteiger partial charge in [0.1, 0.15) is 0 Å². The largest absolute Gasteiger partial charge is 0.309 e. The molecule has 5 rings (SSSR count). The lowest BCUT2D eigenvalue weighted by Crippen LogP contribution is -2.29. The number of imide groups is 1. The number of nitrogens with zero attached hydrogens (tertiary/aromatic N) is 3. The number of carbonyl (C=O) groups excluding carboxylic acids is 3. The zero-order valence-electron chi connectivity index (χ0n) is 17.4. The van der Waals surface area contributed by atoms with E-state index in [1.54, 1.807) is 54.6 Å². The topological polar surface area (TPSA) is 92.3 Å². The van der Waals surface area contributed by atoms with E-state index in [1.807, 2.05) is 36.4 Å². The third-order valence-corrected chi connectivity index (χ3v) is 5.37. The maximum atomic E-state index is 13.1. The normalized spacial score (nSPS) is 12.5. The maximum absolute atomic E-state index is 13.1. The first-order chi connectivity index (χ1) is 16.1. The van der Waals surface area contributed by atoms with Gasteiger partial charge in [-0.15, -0.1) is 10.2 Å². The summed E-state index contributed by atoms with van der Waals surface area (Å²) in [7, 11) is 0. The quantitative estimate of drug-likeness (QED) is 0.477. The molecule has 4 aromatic rings. The molecule has 1 aliphatic rings. The van der Waals surface area contributed by atoms with Gasteiger partial charge in [0.05, 0.1) is 28.9 Å². The number of fused-ring (bicyclic) bond motifs is 1. The Bertz CT molecular complexity index is 1350. The van der Waals surface area contributed by atoms with Crippen molar-refractivity contribution in [2.45, 2.75) is 6.42 Å². The van der Waals surface area contributed by atoms with Crippen molar-refractivity contribution in [3.05, 3.63) is 108 Å². The number of aromatic nitrogens is 2. The van der Waals surface area contributed by atoms with Crippen LogP contribution in [0.5, 0.6) is 0 Å². The van der Waals surface area contributed by atoms with Gasteiger partial charge in [-0.1, -0.05) is 60.7 Å². The molecule has 0 saturated heterocycles. The van der Waals surface area contributed by atoms with E-state index >= 15 is 0 Å². The molecule has 3 amide bonds. The Balaban J connectivity index is 1.34. The SMILES string of the molecule is O=C(Cc1cccc2c1C(=O)N(c1ccccc1)C2=O)Nc1ccc(-c2ccccc2)nn1. The lowest BCUT2D eigenvalue weighted by Gasteiger charge is -2.13. The fourth-order valence-corrected chi connectivity index (χ4v) is 3.84. The molecular formula is C26H18N4O3. The zero-order chi connectivity index (χ0) is 22.8. The molecule has 0 atom stereocenters. The summed E-state index contributed by atoms with van der Waals surface area (Å²) in [6, 6.07) is 26.7. The first-order valence-corrected chi connectivity index (χ1v) is 10.4. The second kappa shape index (κ2) is 8.47. The second-order valence-electron chi connectivity index (χ2n) is 7.52. The Morgan fingerprint density at radius 1 is 0.758 bits per heavy atom. The van der Waals surface area contributed by atoms with E-state index < -0.39 is 11.8 Å². The van der Waals surface area contributed by atoms with Crippen molar-refractivity contribution < 1.29 is 14.4 Å². The van der Waals surface area contributed by atoms with Crippen LogP contribution in [-0.2, 0) is 11.2 Å². The molecule has 1 N–H and O–H groups in total. The molecule has 0 unspecified atom stereocenters. The second-order valence-corrected chi connectivity index (χ2v) is 7.52. The van der Waals surface area contributed by atoms with Crippen LogP contribution in [0.3, 0.4) is 0 Å².